The van der Waals surface area contributed by atoms with E-state index in [-0.39, 0.29) is 17.9 Å². The highest BCUT2D eigenvalue weighted by molar-refractivity contribution is 5.79. The molecule has 1 amide bonds. The maximum atomic E-state index is 12.3. The van der Waals surface area contributed by atoms with Crippen LogP contribution >= 0.6 is 0 Å². The Balaban J connectivity index is 2.07. The van der Waals surface area contributed by atoms with Crippen molar-refractivity contribution in [1.29, 1.82) is 0 Å². The number of rotatable bonds is 5. The number of hydrogen-bond acceptors (Lipinski definition) is 2. The molecule has 3 heteroatoms. The summed E-state index contributed by atoms with van der Waals surface area (Å²) < 4.78 is 5.29. The van der Waals surface area contributed by atoms with Gasteiger partial charge in [-0.3, -0.25) is 4.79 Å². The number of benzene rings is 1. The lowest BCUT2D eigenvalue weighted by Gasteiger charge is -2.21. The van der Waals surface area contributed by atoms with Crippen LogP contribution in [-0.4, -0.2) is 13.0 Å². The minimum absolute atomic E-state index is 0.104. The molecular weight excluding hydrogens is 250 g/mol. The first-order valence-electron chi connectivity index (χ1n) is 7.60. The summed E-state index contributed by atoms with van der Waals surface area (Å²) in [5.41, 5.74) is 2.27. The van der Waals surface area contributed by atoms with Gasteiger partial charge in [-0.05, 0) is 43.4 Å². The van der Waals surface area contributed by atoms with Crippen LogP contribution in [0.4, 0.5) is 0 Å². The monoisotopic (exact) mass is 275 g/mol. The molecule has 1 aromatic carbocycles. The van der Waals surface area contributed by atoms with Crippen LogP contribution in [0.1, 0.15) is 56.2 Å². The molecule has 1 aliphatic carbocycles. The maximum absolute atomic E-state index is 12.3. The second kappa shape index (κ2) is 6.78. The van der Waals surface area contributed by atoms with Gasteiger partial charge >= 0.3 is 0 Å². The molecule has 1 N–H and O–H groups in total. The van der Waals surface area contributed by atoms with Gasteiger partial charge in [0.15, 0.2) is 0 Å². The highest BCUT2D eigenvalue weighted by atomic mass is 16.5. The summed E-state index contributed by atoms with van der Waals surface area (Å²) in [6.07, 6.45) is 5.38. The zero-order valence-corrected chi connectivity index (χ0v) is 12.7. The van der Waals surface area contributed by atoms with Crippen molar-refractivity contribution in [3.05, 3.63) is 29.3 Å². The van der Waals surface area contributed by atoms with Gasteiger partial charge < -0.3 is 10.1 Å². The Hall–Kier alpha value is -1.51. The zero-order chi connectivity index (χ0) is 14.5. The van der Waals surface area contributed by atoms with E-state index in [0.29, 0.717) is 0 Å². The van der Waals surface area contributed by atoms with Crippen molar-refractivity contribution in [3.8, 4) is 5.75 Å². The van der Waals surface area contributed by atoms with Gasteiger partial charge in [0.1, 0.15) is 5.75 Å². The molecule has 1 aromatic rings. The van der Waals surface area contributed by atoms with Crippen LogP contribution in [0.25, 0.3) is 0 Å². The Kier molecular flexibility index (Phi) is 5.05. The molecule has 3 nitrogen and oxygen atoms in total. The Morgan fingerprint density at radius 1 is 1.40 bits per heavy atom. The topological polar surface area (TPSA) is 38.3 Å². The van der Waals surface area contributed by atoms with Gasteiger partial charge in [0.2, 0.25) is 5.91 Å². The summed E-state index contributed by atoms with van der Waals surface area (Å²) in [6, 6.07) is 6.25. The maximum Gasteiger partial charge on any atom is 0.223 e. The number of aryl methyl sites for hydroxylation is 1. The third-order valence-corrected chi connectivity index (χ3v) is 4.27. The molecule has 1 atom stereocenters. The lowest BCUT2D eigenvalue weighted by Crippen LogP contribution is -2.32. The molecule has 1 saturated carbocycles. The summed E-state index contributed by atoms with van der Waals surface area (Å²) in [5.74, 6) is 1.34. The first-order valence-corrected chi connectivity index (χ1v) is 7.60. The Morgan fingerprint density at radius 3 is 2.65 bits per heavy atom. The summed E-state index contributed by atoms with van der Waals surface area (Å²) in [5, 5.41) is 3.21. The van der Waals surface area contributed by atoms with Crippen LogP contribution in [0.5, 0.6) is 5.75 Å². The van der Waals surface area contributed by atoms with E-state index in [1.807, 2.05) is 13.0 Å². The Bertz CT molecular complexity index is 464. The van der Waals surface area contributed by atoms with E-state index in [1.54, 1.807) is 7.11 Å². The number of carbonyl (C=O) groups is 1. The van der Waals surface area contributed by atoms with E-state index in [1.165, 1.54) is 12.8 Å². The predicted molar refractivity (Wildman–Crippen MR) is 80.9 cm³/mol. The number of carbonyl (C=O) groups excluding carboxylic acids is 1. The second-order valence-corrected chi connectivity index (χ2v) is 5.68. The number of amides is 1. The minimum Gasteiger partial charge on any atom is -0.496 e. The molecule has 1 fully saturated rings. The summed E-state index contributed by atoms with van der Waals surface area (Å²) in [7, 11) is 1.68. The van der Waals surface area contributed by atoms with Gasteiger partial charge in [-0.25, -0.2) is 0 Å². The zero-order valence-electron chi connectivity index (χ0n) is 12.7. The van der Waals surface area contributed by atoms with Crippen molar-refractivity contribution >= 4 is 5.91 Å². The fourth-order valence-corrected chi connectivity index (χ4v) is 3.02. The molecule has 110 valence electrons. The predicted octanol–water partition coefficient (Wildman–Crippen LogP) is 3.76. The average molecular weight is 275 g/mol. The van der Waals surface area contributed by atoms with Gasteiger partial charge in [0.05, 0.1) is 13.2 Å². The first-order chi connectivity index (χ1) is 9.65. The van der Waals surface area contributed by atoms with Crippen LogP contribution in [-0.2, 0) is 4.79 Å². The van der Waals surface area contributed by atoms with Crippen LogP contribution in [0.2, 0.25) is 0 Å². The molecule has 0 bridgehead atoms. The Morgan fingerprint density at radius 2 is 2.10 bits per heavy atom. The van der Waals surface area contributed by atoms with Crippen LogP contribution in [0.3, 0.4) is 0 Å². The number of hydrogen-bond donors (Lipinski definition) is 1. The fraction of sp³-hybridized carbons (Fsp3) is 0.588. The number of ether oxygens (including phenoxy) is 1. The number of methoxy groups -OCH3 is 1. The van der Waals surface area contributed by atoms with E-state index >= 15 is 0 Å². The molecule has 0 heterocycles. The van der Waals surface area contributed by atoms with Crippen LogP contribution in [0.15, 0.2) is 18.2 Å². The molecule has 0 saturated heterocycles. The summed E-state index contributed by atoms with van der Waals surface area (Å²) in [4.78, 5) is 12.3. The van der Waals surface area contributed by atoms with Gasteiger partial charge in [-0.15, -0.1) is 0 Å². The highest BCUT2D eigenvalue weighted by Gasteiger charge is 2.24. The smallest absolute Gasteiger partial charge is 0.223 e. The third kappa shape index (κ3) is 3.33. The standard InChI is InChI=1S/C17H25NO2/c1-4-15(18-17(19)13-7-5-6-8-13)14-9-10-16(20-3)12(2)11-14/h9-11,13,15H,4-8H2,1-3H3,(H,18,19)/t15-/m0/s1. The molecule has 1 aliphatic rings. The van der Waals surface area contributed by atoms with E-state index in [4.69, 9.17) is 4.74 Å². The number of nitrogens with one attached hydrogen (secondary N) is 1. The van der Waals surface area contributed by atoms with Crippen LogP contribution < -0.4 is 10.1 Å². The summed E-state index contributed by atoms with van der Waals surface area (Å²) in [6.45, 7) is 4.15. The Labute approximate surface area is 121 Å². The minimum atomic E-state index is 0.104. The molecule has 0 aliphatic heterocycles. The van der Waals surface area contributed by atoms with Gasteiger partial charge in [-0.1, -0.05) is 31.9 Å². The largest absolute Gasteiger partial charge is 0.496 e. The van der Waals surface area contributed by atoms with Crippen molar-refractivity contribution in [2.75, 3.05) is 7.11 Å². The van der Waals surface area contributed by atoms with Crippen molar-refractivity contribution in [1.82, 2.24) is 5.32 Å². The van der Waals surface area contributed by atoms with Crippen LogP contribution in [0, 0.1) is 12.8 Å². The van der Waals surface area contributed by atoms with E-state index in [2.05, 4.69) is 24.4 Å². The van der Waals surface area contributed by atoms with Crippen molar-refractivity contribution in [3.63, 3.8) is 0 Å². The fourth-order valence-electron chi connectivity index (χ4n) is 3.02. The first kappa shape index (κ1) is 14.9. The average Bonchev–Trinajstić information content (AvgIpc) is 2.98. The molecule has 0 radical (unpaired) electrons. The third-order valence-electron chi connectivity index (χ3n) is 4.27. The van der Waals surface area contributed by atoms with Crippen molar-refractivity contribution in [2.24, 2.45) is 5.92 Å². The lowest BCUT2D eigenvalue weighted by molar-refractivity contribution is -0.125. The van der Waals surface area contributed by atoms with Crippen molar-refractivity contribution in [2.45, 2.75) is 52.0 Å². The molecule has 0 unspecified atom stereocenters. The van der Waals surface area contributed by atoms with Gasteiger partial charge in [-0.2, -0.15) is 0 Å². The molecule has 0 spiro atoms. The SMILES string of the molecule is CC[C@H](NC(=O)C1CCCC1)c1ccc(OC)c(C)c1. The second-order valence-electron chi connectivity index (χ2n) is 5.68. The molecule has 0 aromatic heterocycles. The molecule has 20 heavy (non-hydrogen) atoms. The van der Waals surface area contributed by atoms with E-state index in [0.717, 1.165) is 36.1 Å². The quantitative estimate of drug-likeness (QED) is 0.888. The van der Waals surface area contributed by atoms with Gasteiger partial charge in [0.25, 0.3) is 0 Å². The van der Waals surface area contributed by atoms with Crippen molar-refractivity contribution < 1.29 is 9.53 Å². The highest BCUT2D eigenvalue weighted by Crippen LogP contribution is 2.28. The summed E-state index contributed by atoms with van der Waals surface area (Å²) >= 11 is 0. The normalized spacial score (nSPS) is 16.9. The molecular formula is C17H25NO2. The van der Waals surface area contributed by atoms with E-state index < -0.39 is 0 Å². The van der Waals surface area contributed by atoms with E-state index in [9.17, 15) is 4.79 Å². The lowest BCUT2D eigenvalue weighted by atomic mass is 10.00. The van der Waals surface area contributed by atoms with Gasteiger partial charge in [0, 0.05) is 5.92 Å². The molecule has 2 rings (SSSR count).